The van der Waals surface area contributed by atoms with Gasteiger partial charge in [0.05, 0.1) is 5.02 Å². The highest BCUT2D eigenvalue weighted by Gasteiger charge is 2.21. The van der Waals surface area contributed by atoms with Crippen LogP contribution in [-0.2, 0) is 0 Å². The van der Waals surface area contributed by atoms with Crippen molar-refractivity contribution in [2.45, 2.75) is 26.7 Å². The Labute approximate surface area is 116 Å². The lowest BCUT2D eigenvalue weighted by molar-refractivity contribution is 0.0915. The average Bonchev–Trinajstić information content (AvgIpc) is 2.74. The van der Waals surface area contributed by atoms with E-state index >= 15 is 0 Å². The molecule has 96 valence electrons. The molecule has 2 nitrogen and oxygen atoms in total. The Morgan fingerprint density at radius 1 is 1.28 bits per heavy atom. The van der Waals surface area contributed by atoms with E-state index in [9.17, 15) is 4.79 Å². The molecule has 0 aliphatic carbocycles. The first-order valence-electron chi connectivity index (χ1n) is 6.08. The molecule has 0 unspecified atom stereocenters. The molecule has 2 aromatic rings. The molecule has 18 heavy (non-hydrogen) atoms. The number of aromatic amines is 1. The molecule has 0 saturated heterocycles. The molecule has 4 heteroatoms. The predicted molar refractivity (Wildman–Crippen MR) is 76.7 cm³/mol. The number of Topliss-reactive ketones (excluding diaryl/α,β-unsaturated/α-hetero) is 1. The summed E-state index contributed by atoms with van der Waals surface area (Å²) in [6, 6.07) is 3.45. The maximum atomic E-state index is 12.4. The van der Waals surface area contributed by atoms with Gasteiger partial charge in [0.25, 0.3) is 0 Å². The van der Waals surface area contributed by atoms with Crippen molar-refractivity contribution in [3.63, 3.8) is 0 Å². The molecule has 0 saturated carbocycles. The molecular weight excluding hydrogens is 269 g/mol. The quantitative estimate of drug-likeness (QED) is 0.779. The third kappa shape index (κ3) is 2.27. The number of ketones is 1. The van der Waals surface area contributed by atoms with Crippen molar-refractivity contribution in [1.82, 2.24) is 4.98 Å². The zero-order chi connectivity index (χ0) is 13.3. The maximum Gasteiger partial charge on any atom is 0.168 e. The number of hydrogen-bond acceptors (Lipinski definition) is 1. The number of carbonyl (C=O) groups is 1. The molecule has 0 aliphatic heterocycles. The lowest BCUT2D eigenvalue weighted by atomic mass is 9.93. The van der Waals surface area contributed by atoms with Crippen LogP contribution in [-0.4, -0.2) is 10.8 Å². The third-order valence-corrected chi connectivity index (χ3v) is 3.83. The van der Waals surface area contributed by atoms with Crippen molar-refractivity contribution in [1.29, 1.82) is 0 Å². The molecular formula is C14H15Cl2NO. The number of rotatable bonds is 4. The minimum Gasteiger partial charge on any atom is -0.360 e. The van der Waals surface area contributed by atoms with Gasteiger partial charge in [0.1, 0.15) is 0 Å². The van der Waals surface area contributed by atoms with Crippen molar-refractivity contribution in [3.8, 4) is 0 Å². The summed E-state index contributed by atoms with van der Waals surface area (Å²) in [5, 5.41) is 1.86. The summed E-state index contributed by atoms with van der Waals surface area (Å²) in [7, 11) is 0. The molecule has 0 radical (unpaired) electrons. The van der Waals surface area contributed by atoms with Crippen LogP contribution in [0, 0.1) is 5.92 Å². The smallest absolute Gasteiger partial charge is 0.168 e. The Bertz CT molecular complexity index is 585. The van der Waals surface area contributed by atoms with Gasteiger partial charge in [0.15, 0.2) is 5.78 Å². The minimum atomic E-state index is 0.0516. The number of aromatic nitrogens is 1. The van der Waals surface area contributed by atoms with Crippen LogP contribution in [0.25, 0.3) is 10.9 Å². The van der Waals surface area contributed by atoms with E-state index in [1.807, 2.05) is 13.8 Å². The van der Waals surface area contributed by atoms with Crippen LogP contribution in [0.5, 0.6) is 0 Å². The summed E-state index contributed by atoms with van der Waals surface area (Å²) in [6.45, 7) is 4.05. The summed E-state index contributed by atoms with van der Waals surface area (Å²) < 4.78 is 0. The molecule has 0 aliphatic rings. The predicted octanol–water partition coefficient (Wildman–Crippen LogP) is 5.09. The van der Waals surface area contributed by atoms with E-state index in [4.69, 9.17) is 23.2 Å². The number of hydrogen-bond donors (Lipinski definition) is 1. The van der Waals surface area contributed by atoms with Crippen LogP contribution < -0.4 is 0 Å². The molecule has 1 heterocycles. The molecule has 0 bridgehead atoms. The zero-order valence-corrected chi connectivity index (χ0v) is 11.9. The number of fused-ring (bicyclic) bond motifs is 1. The van der Waals surface area contributed by atoms with Crippen LogP contribution >= 0.6 is 23.2 Å². The maximum absolute atomic E-state index is 12.4. The normalized spacial score (nSPS) is 11.4. The van der Waals surface area contributed by atoms with E-state index in [0.717, 1.165) is 23.7 Å². The fraction of sp³-hybridized carbons (Fsp3) is 0.357. The van der Waals surface area contributed by atoms with Crippen molar-refractivity contribution >= 4 is 39.9 Å². The Hall–Kier alpha value is -0.990. The second-order valence-corrected chi connectivity index (χ2v) is 5.23. The average molecular weight is 284 g/mol. The third-order valence-electron chi connectivity index (χ3n) is 3.32. The highest BCUT2D eigenvalue weighted by Crippen LogP contribution is 2.32. The molecule has 0 atom stereocenters. The van der Waals surface area contributed by atoms with Gasteiger partial charge in [-0.3, -0.25) is 4.79 Å². The standard InChI is InChI=1S/C14H15Cl2NO/c1-3-8(4-2)14(18)10-7-17-12-6-9(15)5-11(16)13(10)12/h5-8,17H,3-4H2,1-2H3. The second kappa shape index (κ2) is 5.33. The molecule has 0 fully saturated rings. The first-order chi connectivity index (χ1) is 8.58. The number of halogens is 2. The van der Waals surface area contributed by atoms with Crippen LogP contribution in [0.4, 0.5) is 0 Å². The minimum absolute atomic E-state index is 0.0516. The highest BCUT2D eigenvalue weighted by molar-refractivity contribution is 6.39. The van der Waals surface area contributed by atoms with Crippen LogP contribution in [0.15, 0.2) is 18.3 Å². The fourth-order valence-corrected chi connectivity index (χ4v) is 2.85. The Kier molecular flexibility index (Phi) is 3.98. The van der Waals surface area contributed by atoms with E-state index in [0.29, 0.717) is 15.6 Å². The second-order valence-electron chi connectivity index (χ2n) is 4.39. The summed E-state index contributed by atoms with van der Waals surface area (Å²) in [5.41, 5.74) is 1.47. The Morgan fingerprint density at radius 3 is 2.56 bits per heavy atom. The van der Waals surface area contributed by atoms with Gasteiger partial charge in [-0.15, -0.1) is 0 Å². The van der Waals surface area contributed by atoms with Gasteiger partial charge >= 0.3 is 0 Å². The van der Waals surface area contributed by atoms with Crippen LogP contribution in [0.1, 0.15) is 37.0 Å². The first kappa shape index (κ1) is 13.4. The molecule has 1 N–H and O–H groups in total. The van der Waals surface area contributed by atoms with Crippen molar-refractivity contribution in [2.75, 3.05) is 0 Å². The van der Waals surface area contributed by atoms with Crippen LogP contribution in [0.3, 0.4) is 0 Å². The van der Waals surface area contributed by atoms with E-state index in [2.05, 4.69) is 4.98 Å². The van der Waals surface area contributed by atoms with Crippen molar-refractivity contribution < 1.29 is 4.79 Å². The molecule has 1 aromatic heterocycles. The number of benzene rings is 1. The SMILES string of the molecule is CCC(CC)C(=O)c1c[nH]c2cc(Cl)cc(Cl)c12. The lowest BCUT2D eigenvalue weighted by Gasteiger charge is -2.10. The Balaban J connectivity index is 2.56. The monoisotopic (exact) mass is 283 g/mol. The summed E-state index contributed by atoms with van der Waals surface area (Å²) in [6.07, 6.45) is 3.41. The number of carbonyl (C=O) groups excluding carboxylic acids is 1. The summed E-state index contributed by atoms with van der Waals surface area (Å²) in [4.78, 5) is 15.5. The largest absolute Gasteiger partial charge is 0.360 e. The zero-order valence-electron chi connectivity index (χ0n) is 10.4. The topological polar surface area (TPSA) is 32.9 Å². The van der Waals surface area contributed by atoms with Gasteiger partial charge < -0.3 is 4.98 Å². The highest BCUT2D eigenvalue weighted by atomic mass is 35.5. The fourth-order valence-electron chi connectivity index (χ4n) is 2.26. The number of nitrogens with one attached hydrogen (secondary N) is 1. The summed E-state index contributed by atoms with van der Waals surface area (Å²) in [5.74, 6) is 0.200. The van der Waals surface area contributed by atoms with Gasteiger partial charge in [-0.2, -0.15) is 0 Å². The van der Waals surface area contributed by atoms with Gasteiger partial charge in [-0.25, -0.2) is 0 Å². The van der Waals surface area contributed by atoms with E-state index in [-0.39, 0.29) is 11.7 Å². The van der Waals surface area contributed by atoms with Crippen molar-refractivity contribution in [3.05, 3.63) is 33.9 Å². The van der Waals surface area contributed by atoms with Crippen LogP contribution in [0.2, 0.25) is 10.0 Å². The van der Waals surface area contributed by atoms with E-state index in [1.54, 1.807) is 18.3 Å². The molecule has 0 amide bonds. The van der Waals surface area contributed by atoms with Crippen molar-refractivity contribution in [2.24, 2.45) is 5.92 Å². The van der Waals surface area contributed by atoms with Gasteiger partial charge in [-0.1, -0.05) is 37.0 Å². The summed E-state index contributed by atoms with van der Waals surface area (Å²) >= 11 is 12.1. The first-order valence-corrected chi connectivity index (χ1v) is 6.84. The number of H-pyrrole nitrogens is 1. The van der Waals surface area contributed by atoms with E-state index in [1.165, 1.54) is 0 Å². The molecule has 2 rings (SSSR count). The Morgan fingerprint density at radius 2 is 1.94 bits per heavy atom. The van der Waals surface area contributed by atoms with Gasteiger partial charge in [0, 0.05) is 33.6 Å². The molecule has 1 aromatic carbocycles. The van der Waals surface area contributed by atoms with Gasteiger partial charge in [0.2, 0.25) is 0 Å². The van der Waals surface area contributed by atoms with E-state index < -0.39 is 0 Å². The lowest BCUT2D eigenvalue weighted by Crippen LogP contribution is -2.12. The molecule has 0 spiro atoms. The van der Waals surface area contributed by atoms with Gasteiger partial charge in [-0.05, 0) is 25.0 Å².